The van der Waals surface area contributed by atoms with E-state index in [1.807, 2.05) is 35.2 Å². The Hall–Kier alpha value is -1.77. The highest BCUT2D eigenvalue weighted by atomic mass is 16.2. The first-order valence-electron chi connectivity index (χ1n) is 7.69. The van der Waals surface area contributed by atoms with E-state index >= 15 is 0 Å². The van der Waals surface area contributed by atoms with Crippen LogP contribution in [0.5, 0.6) is 0 Å². The molecule has 0 atom stereocenters. The molecule has 3 nitrogen and oxygen atoms in total. The van der Waals surface area contributed by atoms with Gasteiger partial charge in [-0.15, -0.1) is 0 Å². The lowest BCUT2D eigenvalue weighted by Crippen LogP contribution is -2.40. The zero-order valence-corrected chi connectivity index (χ0v) is 13.3. The van der Waals surface area contributed by atoms with Gasteiger partial charge in [0.05, 0.1) is 0 Å². The first kappa shape index (κ1) is 15.6. The quantitative estimate of drug-likeness (QED) is 0.667. The molecule has 0 radical (unpaired) electrons. The Labute approximate surface area is 127 Å². The topological polar surface area (TPSA) is 46.3 Å². The van der Waals surface area contributed by atoms with E-state index < -0.39 is 0 Å². The zero-order chi connectivity index (χ0) is 15.5. The van der Waals surface area contributed by atoms with Crippen molar-refractivity contribution in [2.24, 2.45) is 11.3 Å². The smallest absolute Gasteiger partial charge is 0.246 e. The van der Waals surface area contributed by atoms with Gasteiger partial charge in [-0.1, -0.05) is 32.9 Å². The number of hydrogen-bond acceptors (Lipinski definition) is 2. The zero-order valence-electron chi connectivity index (χ0n) is 13.3. The number of benzene rings is 1. The number of carbonyl (C=O) groups excluding carboxylic acids is 1. The van der Waals surface area contributed by atoms with Crippen molar-refractivity contribution in [3.8, 4) is 0 Å². The van der Waals surface area contributed by atoms with Gasteiger partial charge in [-0.2, -0.15) is 0 Å². The van der Waals surface area contributed by atoms with Crippen molar-refractivity contribution in [3.63, 3.8) is 0 Å². The molecular formula is C18H26N2O. The number of nitrogens with two attached hydrogens (primary N) is 1. The normalized spacial score (nSPS) is 17.4. The summed E-state index contributed by atoms with van der Waals surface area (Å²) in [6.07, 6.45) is 5.73. The van der Waals surface area contributed by atoms with Crippen LogP contribution in [-0.2, 0) is 4.79 Å². The molecule has 0 spiro atoms. The lowest BCUT2D eigenvalue weighted by molar-refractivity contribution is -0.127. The number of anilines is 1. The van der Waals surface area contributed by atoms with Crippen LogP contribution >= 0.6 is 0 Å². The van der Waals surface area contributed by atoms with Crippen LogP contribution in [-0.4, -0.2) is 23.9 Å². The Balaban J connectivity index is 1.89. The van der Waals surface area contributed by atoms with Gasteiger partial charge in [-0.05, 0) is 47.9 Å². The van der Waals surface area contributed by atoms with Crippen molar-refractivity contribution in [2.45, 2.75) is 33.6 Å². The van der Waals surface area contributed by atoms with Crippen LogP contribution in [0.25, 0.3) is 6.08 Å². The molecule has 21 heavy (non-hydrogen) atoms. The van der Waals surface area contributed by atoms with E-state index in [-0.39, 0.29) is 5.91 Å². The van der Waals surface area contributed by atoms with Gasteiger partial charge >= 0.3 is 0 Å². The van der Waals surface area contributed by atoms with Crippen LogP contribution in [0, 0.1) is 11.3 Å². The van der Waals surface area contributed by atoms with Crippen molar-refractivity contribution < 1.29 is 4.79 Å². The Morgan fingerprint density at radius 2 is 1.76 bits per heavy atom. The minimum atomic E-state index is 0.110. The van der Waals surface area contributed by atoms with E-state index in [2.05, 4.69) is 20.8 Å². The molecule has 1 saturated heterocycles. The maximum absolute atomic E-state index is 12.2. The van der Waals surface area contributed by atoms with Gasteiger partial charge in [0.15, 0.2) is 0 Å². The molecule has 1 aromatic carbocycles. The number of hydrogen-bond donors (Lipinski definition) is 1. The third-order valence-electron chi connectivity index (χ3n) is 4.39. The SMILES string of the molecule is CC(C)(C)C1CCN(C(=O)/C=C/c2ccc(N)cc2)CC1. The van der Waals surface area contributed by atoms with Gasteiger partial charge in [0, 0.05) is 24.9 Å². The highest BCUT2D eigenvalue weighted by Gasteiger charge is 2.29. The van der Waals surface area contributed by atoms with E-state index in [1.165, 1.54) is 0 Å². The standard InChI is InChI=1S/C18H26N2O/c1-18(2,3)15-10-12-20(13-11-15)17(21)9-6-14-4-7-16(19)8-5-14/h4-9,15H,10-13,19H2,1-3H3/b9-6+. The van der Waals surface area contributed by atoms with Crippen molar-refractivity contribution >= 4 is 17.7 Å². The number of rotatable bonds is 2. The van der Waals surface area contributed by atoms with Gasteiger partial charge in [0.25, 0.3) is 0 Å². The molecule has 1 aliphatic rings. The molecule has 1 fully saturated rings. The predicted octanol–water partition coefficient (Wildman–Crippen LogP) is 3.57. The maximum Gasteiger partial charge on any atom is 0.246 e. The number of amides is 1. The summed E-state index contributed by atoms with van der Waals surface area (Å²) in [5, 5.41) is 0. The first-order chi connectivity index (χ1) is 9.86. The van der Waals surface area contributed by atoms with E-state index in [0.717, 1.165) is 37.2 Å². The highest BCUT2D eigenvalue weighted by molar-refractivity contribution is 5.91. The summed E-state index contributed by atoms with van der Waals surface area (Å²) >= 11 is 0. The summed E-state index contributed by atoms with van der Waals surface area (Å²) in [6.45, 7) is 8.60. The average Bonchev–Trinajstić information content (AvgIpc) is 2.45. The Kier molecular flexibility index (Phi) is 4.71. The molecule has 0 aromatic heterocycles. The maximum atomic E-state index is 12.2. The number of carbonyl (C=O) groups is 1. The predicted molar refractivity (Wildman–Crippen MR) is 88.6 cm³/mol. The summed E-state index contributed by atoms with van der Waals surface area (Å²) in [6, 6.07) is 7.54. The van der Waals surface area contributed by atoms with Crippen LogP contribution in [0.3, 0.4) is 0 Å². The van der Waals surface area contributed by atoms with Crippen molar-refractivity contribution in [3.05, 3.63) is 35.9 Å². The monoisotopic (exact) mass is 286 g/mol. The summed E-state index contributed by atoms with van der Waals surface area (Å²) in [5.74, 6) is 0.821. The fraction of sp³-hybridized carbons (Fsp3) is 0.500. The van der Waals surface area contributed by atoms with Crippen LogP contribution in [0.15, 0.2) is 30.3 Å². The van der Waals surface area contributed by atoms with E-state index in [9.17, 15) is 4.79 Å². The molecule has 0 bridgehead atoms. The van der Waals surface area contributed by atoms with Crippen LogP contribution < -0.4 is 5.73 Å². The van der Waals surface area contributed by atoms with Gasteiger partial charge in [-0.3, -0.25) is 4.79 Å². The van der Waals surface area contributed by atoms with E-state index in [4.69, 9.17) is 5.73 Å². The largest absolute Gasteiger partial charge is 0.399 e. The fourth-order valence-electron chi connectivity index (χ4n) is 2.85. The average molecular weight is 286 g/mol. The number of nitrogens with zero attached hydrogens (tertiary/aromatic N) is 1. The van der Waals surface area contributed by atoms with Crippen molar-refractivity contribution in [1.29, 1.82) is 0 Å². The molecule has 0 aliphatic carbocycles. The first-order valence-corrected chi connectivity index (χ1v) is 7.69. The Bertz CT molecular complexity index is 503. The van der Waals surface area contributed by atoms with Crippen LogP contribution in [0.2, 0.25) is 0 Å². The Morgan fingerprint density at radius 3 is 2.29 bits per heavy atom. The van der Waals surface area contributed by atoms with Gasteiger partial charge in [-0.25, -0.2) is 0 Å². The third kappa shape index (κ3) is 4.35. The molecule has 2 rings (SSSR count). The van der Waals surface area contributed by atoms with Gasteiger partial charge in [0.2, 0.25) is 5.91 Å². The van der Waals surface area contributed by atoms with Gasteiger partial charge in [0.1, 0.15) is 0 Å². The number of nitrogen functional groups attached to an aromatic ring is 1. The van der Waals surface area contributed by atoms with Crippen molar-refractivity contribution in [2.75, 3.05) is 18.8 Å². The molecule has 3 heteroatoms. The Morgan fingerprint density at radius 1 is 1.19 bits per heavy atom. The molecule has 1 amide bonds. The second-order valence-corrected chi connectivity index (χ2v) is 6.97. The number of piperidine rings is 1. The summed E-state index contributed by atoms with van der Waals surface area (Å²) in [4.78, 5) is 14.2. The molecular weight excluding hydrogens is 260 g/mol. The van der Waals surface area contributed by atoms with Gasteiger partial charge < -0.3 is 10.6 Å². The molecule has 2 N–H and O–H groups in total. The lowest BCUT2D eigenvalue weighted by Gasteiger charge is -2.38. The molecule has 0 unspecified atom stereocenters. The highest BCUT2D eigenvalue weighted by Crippen LogP contribution is 2.34. The summed E-state index contributed by atoms with van der Waals surface area (Å²) in [7, 11) is 0. The molecule has 1 heterocycles. The molecule has 114 valence electrons. The number of likely N-dealkylation sites (tertiary alicyclic amines) is 1. The van der Waals surface area contributed by atoms with Crippen LogP contribution in [0.1, 0.15) is 39.2 Å². The molecule has 1 aromatic rings. The fourth-order valence-corrected chi connectivity index (χ4v) is 2.85. The third-order valence-corrected chi connectivity index (χ3v) is 4.39. The minimum Gasteiger partial charge on any atom is -0.399 e. The summed E-state index contributed by atoms with van der Waals surface area (Å²) in [5.41, 5.74) is 7.73. The summed E-state index contributed by atoms with van der Waals surface area (Å²) < 4.78 is 0. The lowest BCUT2D eigenvalue weighted by atomic mass is 9.75. The second-order valence-electron chi connectivity index (χ2n) is 6.97. The molecule has 1 aliphatic heterocycles. The minimum absolute atomic E-state index is 0.110. The van der Waals surface area contributed by atoms with Crippen LogP contribution in [0.4, 0.5) is 5.69 Å². The molecule has 0 saturated carbocycles. The second kappa shape index (κ2) is 6.33. The van der Waals surface area contributed by atoms with E-state index in [1.54, 1.807) is 6.08 Å². The van der Waals surface area contributed by atoms with Crippen molar-refractivity contribution in [1.82, 2.24) is 4.90 Å². The van der Waals surface area contributed by atoms with E-state index in [0.29, 0.717) is 11.3 Å².